The van der Waals surface area contributed by atoms with E-state index in [4.69, 9.17) is 4.74 Å². The number of hydrogen-bond acceptors (Lipinski definition) is 4. The van der Waals surface area contributed by atoms with E-state index in [0.717, 1.165) is 29.1 Å². The number of benzene rings is 2. The fourth-order valence-corrected chi connectivity index (χ4v) is 3.62. The van der Waals surface area contributed by atoms with Crippen molar-refractivity contribution < 1.29 is 19.1 Å². The van der Waals surface area contributed by atoms with E-state index in [1.54, 1.807) is 12.1 Å². The molecule has 0 saturated carbocycles. The number of aryl methyl sites for hydroxylation is 2. The maximum absolute atomic E-state index is 13.1. The Morgan fingerprint density at radius 1 is 0.939 bits per heavy atom. The van der Waals surface area contributed by atoms with Crippen molar-refractivity contribution in [2.24, 2.45) is 0 Å². The highest BCUT2D eigenvalue weighted by molar-refractivity contribution is 6.39. The van der Waals surface area contributed by atoms with Crippen molar-refractivity contribution >= 4 is 29.6 Å². The lowest BCUT2D eigenvalue weighted by molar-refractivity contribution is -0.122. The number of rotatable bonds is 8. The lowest BCUT2D eigenvalue weighted by Gasteiger charge is -2.26. The van der Waals surface area contributed by atoms with E-state index in [1.165, 1.54) is 6.08 Å². The van der Waals surface area contributed by atoms with E-state index in [-0.39, 0.29) is 5.57 Å². The van der Waals surface area contributed by atoms with Gasteiger partial charge in [0.05, 0.1) is 12.3 Å². The minimum absolute atomic E-state index is 0.0883. The molecule has 4 amide bonds. The highest BCUT2D eigenvalue weighted by Crippen LogP contribution is 2.23. The number of amides is 4. The number of para-hydroxylation sites is 1. The van der Waals surface area contributed by atoms with Crippen LogP contribution in [-0.4, -0.2) is 29.0 Å². The van der Waals surface area contributed by atoms with Crippen molar-refractivity contribution in [1.29, 1.82) is 0 Å². The predicted molar refractivity (Wildman–Crippen MR) is 126 cm³/mol. The Morgan fingerprint density at radius 2 is 1.70 bits per heavy atom. The van der Waals surface area contributed by atoms with Gasteiger partial charge in [-0.25, -0.2) is 9.69 Å². The fourth-order valence-electron chi connectivity index (χ4n) is 3.62. The number of aromatic nitrogens is 1. The predicted octanol–water partition coefficient (Wildman–Crippen LogP) is 4.19. The fraction of sp³-hybridized carbons (Fsp3) is 0.192. The molecule has 7 nitrogen and oxygen atoms in total. The average molecular weight is 444 g/mol. The van der Waals surface area contributed by atoms with Crippen LogP contribution in [0.25, 0.3) is 6.08 Å². The number of nitrogens with one attached hydrogen (secondary N) is 1. The van der Waals surface area contributed by atoms with Crippen LogP contribution < -0.4 is 15.0 Å². The summed E-state index contributed by atoms with van der Waals surface area (Å²) in [5, 5.41) is 2.27. The van der Waals surface area contributed by atoms with Gasteiger partial charge >= 0.3 is 6.03 Å². The van der Waals surface area contributed by atoms with Crippen LogP contribution in [0.3, 0.4) is 0 Å². The monoisotopic (exact) mass is 443 g/mol. The van der Waals surface area contributed by atoms with E-state index in [0.29, 0.717) is 24.5 Å². The number of hydrogen-bond donors (Lipinski definition) is 1. The van der Waals surface area contributed by atoms with Gasteiger partial charge in [-0.05, 0) is 60.9 Å². The molecule has 1 aliphatic heterocycles. The summed E-state index contributed by atoms with van der Waals surface area (Å²) in [6.45, 7) is 3.21. The first-order valence-electron chi connectivity index (χ1n) is 10.9. The van der Waals surface area contributed by atoms with E-state index >= 15 is 0 Å². The number of nitrogens with zero attached hydrogens (tertiary/aromatic N) is 2. The molecule has 0 unspecified atom stereocenters. The number of urea groups is 1. The third-order valence-electron chi connectivity index (χ3n) is 5.42. The molecule has 1 saturated heterocycles. The van der Waals surface area contributed by atoms with Gasteiger partial charge in [0, 0.05) is 18.4 Å². The van der Waals surface area contributed by atoms with Crippen LogP contribution in [0.4, 0.5) is 10.5 Å². The van der Waals surface area contributed by atoms with Crippen LogP contribution >= 0.6 is 0 Å². The van der Waals surface area contributed by atoms with Gasteiger partial charge in [0.2, 0.25) is 0 Å². The highest BCUT2D eigenvalue weighted by atomic mass is 16.5. The van der Waals surface area contributed by atoms with Gasteiger partial charge in [-0.1, -0.05) is 37.3 Å². The Kier molecular flexibility index (Phi) is 6.69. The second-order valence-corrected chi connectivity index (χ2v) is 7.62. The molecule has 0 aliphatic carbocycles. The Hall–Kier alpha value is -4.13. The summed E-state index contributed by atoms with van der Waals surface area (Å²) in [4.78, 5) is 39.0. The molecule has 4 rings (SSSR count). The number of carbonyl (C=O) groups excluding carboxylic acids is 3. The second kappa shape index (κ2) is 9.99. The van der Waals surface area contributed by atoms with Gasteiger partial charge < -0.3 is 9.30 Å². The molecule has 168 valence electrons. The summed E-state index contributed by atoms with van der Waals surface area (Å²) >= 11 is 0. The molecule has 0 radical (unpaired) electrons. The zero-order valence-corrected chi connectivity index (χ0v) is 18.4. The summed E-state index contributed by atoms with van der Waals surface area (Å²) in [7, 11) is 0. The highest BCUT2D eigenvalue weighted by Gasteiger charge is 2.36. The molecule has 33 heavy (non-hydrogen) atoms. The van der Waals surface area contributed by atoms with Crippen molar-refractivity contribution in [1.82, 2.24) is 9.88 Å². The van der Waals surface area contributed by atoms with Crippen molar-refractivity contribution in [2.45, 2.75) is 26.3 Å². The topological polar surface area (TPSA) is 80.6 Å². The van der Waals surface area contributed by atoms with Gasteiger partial charge in [-0.15, -0.1) is 0 Å². The zero-order chi connectivity index (χ0) is 23.2. The molecule has 3 aromatic rings. The third kappa shape index (κ3) is 5.03. The van der Waals surface area contributed by atoms with Crippen LogP contribution in [0.15, 0.2) is 78.5 Å². The second-order valence-electron chi connectivity index (χ2n) is 7.62. The summed E-state index contributed by atoms with van der Waals surface area (Å²) in [5.74, 6) is -0.534. The first-order chi connectivity index (χ1) is 16.1. The van der Waals surface area contributed by atoms with Gasteiger partial charge in [-0.3, -0.25) is 14.9 Å². The zero-order valence-electron chi connectivity index (χ0n) is 18.4. The average Bonchev–Trinajstić information content (AvgIpc) is 3.27. The van der Waals surface area contributed by atoms with Crippen molar-refractivity contribution in [3.63, 3.8) is 0 Å². The number of ether oxygens (including phenoxy) is 1. The molecule has 2 aromatic carbocycles. The normalized spacial score (nSPS) is 15.1. The molecule has 1 aliphatic rings. The van der Waals surface area contributed by atoms with Crippen LogP contribution in [0.1, 0.15) is 24.6 Å². The van der Waals surface area contributed by atoms with Crippen LogP contribution in [0, 0.1) is 0 Å². The smallest absolute Gasteiger partial charge is 0.335 e. The Morgan fingerprint density at radius 3 is 2.42 bits per heavy atom. The van der Waals surface area contributed by atoms with Gasteiger partial charge in [-0.2, -0.15) is 0 Å². The summed E-state index contributed by atoms with van der Waals surface area (Å²) in [6, 6.07) is 19.6. The number of barbiturate groups is 1. The van der Waals surface area contributed by atoms with E-state index in [2.05, 4.69) is 5.32 Å². The molecule has 1 fully saturated rings. The minimum Gasteiger partial charge on any atom is -0.494 e. The van der Waals surface area contributed by atoms with Crippen LogP contribution in [-0.2, 0) is 22.6 Å². The molecule has 0 spiro atoms. The largest absolute Gasteiger partial charge is 0.494 e. The van der Waals surface area contributed by atoms with Gasteiger partial charge in [0.1, 0.15) is 11.3 Å². The molecular weight excluding hydrogens is 418 g/mol. The Labute approximate surface area is 192 Å². The van der Waals surface area contributed by atoms with Crippen molar-refractivity contribution in [3.05, 3.63) is 89.8 Å². The summed E-state index contributed by atoms with van der Waals surface area (Å²) in [6.07, 6.45) is 4.99. The first kappa shape index (κ1) is 22.1. The molecule has 7 heteroatoms. The number of carbonyl (C=O) groups is 3. The molecule has 1 N–H and O–H groups in total. The maximum Gasteiger partial charge on any atom is 0.335 e. The SMILES string of the molecule is CCc1ccc(N2C(=O)NC(=O)C(=Cc3cccn3CCCOc3ccccc3)C2=O)cc1. The maximum atomic E-state index is 13.1. The van der Waals surface area contributed by atoms with E-state index in [1.807, 2.05) is 72.3 Å². The van der Waals surface area contributed by atoms with Crippen LogP contribution in [0.2, 0.25) is 0 Å². The lowest BCUT2D eigenvalue weighted by atomic mass is 10.1. The molecule has 0 atom stereocenters. The molecule has 0 bridgehead atoms. The lowest BCUT2D eigenvalue weighted by Crippen LogP contribution is -2.54. The van der Waals surface area contributed by atoms with Crippen LogP contribution in [0.5, 0.6) is 5.75 Å². The van der Waals surface area contributed by atoms with Gasteiger partial charge in [0.15, 0.2) is 0 Å². The first-order valence-corrected chi connectivity index (χ1v) is 10.9. The standard InChI is InChI=1S/C26H25N3O4/c1-2-19-11-13-20(14-12-19)29-25(31)23(24(30)27-26(29)32)18-21-8-6-15-28(21)16-7-17-33-22-9-4-3-5-10-22/h3-6,8-15,18H,2,7,16-17H2,1H3,(H,27,30,32). The Bertz CT molecular complexity index is 1180. The van der Waals surface area contributed by atoms with E-state index in [9.17, 15) is 14.4 Å². The molecule has 2 heterocycles. The van der Waals surface area contributed by atoms with Crippen molar-refractivity contribution in [3.8, 4) is 5.75 Å². The Balaban J connectivity index is 1.48. The van der Waals surface area contributed by atoms with Crippen molar-refractivity contribution in [2.75, 3.05) is 11.5 Å². The van der Waals surface area contributed by atoms with E-state index < -0.39 is 17.8 Å². The summed E-state index contributed by atoms with van der Waals surface area (Å²) in [5.41, 5.74) is 2.12. The quantitative estimate of drug-likeness (QED) is 0.322. The molecular formula is C26H25N3O4. The summed E-state index contributed by atoms with van der Waals surface area (Å²) < 4.78 is 7.67. The molecule has 1 aromatic heterocycles. The van der Waals surface area contributed by atoms with Gasteiger partial charge in [0.25, 0.3) is 11.8 Å². The number of imide groups is 2. The minimum atomic E-state index is -0.750. The number of anilines is 1. The third-order valence-corrected chi connectivity index (χ3v) is 5.42.